The number of nitrogens with zero attached hydrogens (tertiary/aromatic N) is 3. The summed E-state index contributed by atoms with van der Waals surface area (Å²) in [5.74, 6) is -4.90. The molecular formula is C10H11F2N3O6S. The van der Waals surface area contributed by atoms with Gasteiger partial charge in [-0.3, -0.25) is 4.79 Å². The molecule has 0 saturated carbocycles. The lowest BCUT2D eigenvalue weighted by molar-refractivity contribution is -0.137. The number of esters is 1. The Morgan fingerprint density at radius 1 is 1.36 bits per heavy atom. The topological polar surface area (TPSA) is 127 Å². The number of hydrogen-bond acceptors (Lipinski definition) is 7. The quantitative estimate of drug-likeness (QED) is 0.674. The number of carbonyl (C=O) groups is 2. The molecule has 1 aromatic heterocycles. The van der Waals surface area contributed by atoms with Gasteiger partial charge in [-0.2, -0.15) is 0 Å². The third kappa shape index (κ3) is 4.31. The maximum absolute atomic E-state index is 12.6. The molecule has 22 heavy (non-hydrogen) atoms. The number of aromatic carboxylic acids is 1. The third-order valence-electron chi connectivity index (χ3n) is 2.29. The van der Waals surface area contributed by atoms with Crippen LogP contribution >= 0.6 is 0 Å². The zero-order valence-electron chi connectivity index (χ0n) is 11.1. The first kappa shape index (κ1) is 17.7. The number of sulfonamides is 1. The summed E-state index contributed by atoms with van der Waals surface area (Å²) in [7, 11) is -3.71. The van der Waals surface area contributed by atoms with Crippen LogP contribution in [-0.2, 0) is 19.6 Å². The molecule has 0 amide bonds. The fourth-order valence-electron chi connectivity index (χ4n) is 1.41. The Morgan fingerprint density at radius 2 is 1.95 bits per heavy atom. The highest BCUT2D eigenvalue weighted by Gasteiger charge is 2.33. The van der Waals surface area contributed by atoms with Crippen molar-refractivity contribution in [2.45, 2.75) is 6.43 Å². The molecule has 0 fully saturated rings. The van der Waals surface area contributed by atoms with Crippen LogP contribution in [0.25, 0.3) is 0 Å². The van der Waals surface area contributed by atoms with Crippen molar-refractivity contribution in [2.75, 3.05) is 23.7 Å². The van der Waals surface area contributed by atoms with Crippen LogP contribution in [0.4, 0.5) is 14.6 Å². The van der Waals surface area contributed by atoms with Gasteiger partial charge < -0.3 is 9.84 Å². The average Bonchev–Trinajstić information content (AvgIpc) is 2.43. The number of alkyl halides is 2. The number of halogens is 2. The van der Waals surface area contributed by atoms with E-state index in [0.29, 0.717) is 0 Å². The molecule has 0 bridgehead atoms. The molecule has 0 unspecified atom stereocenters. The number of rotatable bonds is 7. The van der Waals surface area contributed by atoms with Gasteiger partial charge in [-0.25, -0.2) is 36.3 Å². The fourth-order valence-corrected chi connectivity index (χ4v) is 2.72. The molecule has 0 aliphatic rings. The molecule has 1 N–H and O–H groups in total. The van der Waals surface area contributed by atoms with Gasteiger partial charge in [0.25, 0.3) is 6.43 Å². The van der Waals surface area contributed by atoms with Crippen molar-refractivity contribution < 1.29 is 36.6 Å². The molecular weight excluding hydrogens is 328 g/mol. The van der Waals surface area contributed by atoms with Gasteiger partial charge in [-0.1, -0.05) is 0 Å². The number of carboxylic acid groups (broad SMARTS) is 1. The van der Waals surface area contributed by atoms with Crippen LogP contribution in [0.3, 0.4) is 0 Å². The summed E-state index contributed by atoms with van der Waals surface area (Å²) in [6, 6.07) is 0. The van der Waals surface area contributed by atoms with Crippen LogP contribution in [-0.4, -0.2) is 61.3 Å². The van der Waals surface area contributed by atoms with Crippen molar-refractivity contribution >= 4 is 27.8 Å². The van der Waals surface area contributed by atoms with Crippen LogP contribution < -0.4 is 4.31 Å². The SMILES string of the molecule is COC(=O)CS(=O)(=O)N(CC(F)F)c1nccnc1C(=O)O. The predicted molar refractivity (Wildman–Crippen MR) is 68.1 cm³/mol. The first-order chi connectivity index (χ1) is 10.2. The van der Waals surface area contributed by atoms with E-state index >= 15 is 0 Å². The predicted octanol–water partition coefficient (Wildman–Crippen LogP) is -0.251. The summed E-state index contributed by atoms with van der Waals surface area (Å²) >= 11 is 0. The van der Waals surface area contributed by atoms with Crippen molar-refractivity contribution in [1.82, 2.24) is 9.97 Å². The van der Waals surface area contributed by atoms with Crippen LogP contribution in [0.15, 0.2) is 12.4 Å². The molecule has 1 aromatic rings. The normalized spacial score (nSPS) is 11.3. The second-order valence-electron chi connectivity index (χ2n) is 3.79. The number of ether oxygens (including phenoxy) is 1. The molecule has 12 heteroatoms. The Kier molecular flexibility index (Phi) is 5.68. The van der Waals surface area contributed by atoms with E-state index < -0.39 is 52.2 Å². The zero-order chi connectivity index (χ0) is 16.9. The second kappa shape index (κ2) is 7.06. The Morgan fingerprint density at radius 3 is 2.45 bits per heavy atom. The highest BCUT2D eigenvalue weighted by molar-refractivity contribution is 7.93. The van der Waals surface area contributed by atoms with Gasteiger partial charge in [0, 0.05) is 12.4 Å². The summed E-state index contributed by atoms with van der Waals surface area (Å²) in [5, 5.41) is 8.94. The Hall–Kier alpha value is -2.37. The summed E-state index contributed by atoms with van der Waals surface area (Å²) in [4.78, 5) is 29.0. The van der Waals surface area contributed by atoms with Crippen molar-refractivity contribution in [3.63, 3.8) is 0 Å². The minimum absolute atomic E-state index is 0.0328. The summed E-state index contributed by atoms with van der Waals surface area (Å²) in [5.41, 5.74) is -0.836. The maximum atomic E-state index is 12.6. The lowest BCUT2D eigenvalue weighted by Crippen LogP contribution is -2.40. The van der Waals surface area contributed by atoms with E-state index in [1.54, 1.807) is 0 Å². The van der Waals surface area contributed by atoms with Crippen LogP contribution in [0.1, 0.15) is 10.5 Å². The molecule has 9 nitrogen and oxygen atoms in total. The number of carboxylic acids is 1. The Labute approximate surface area is 123 Å². The number of aromatic nitrogens is 2. The summed E-state index contributed by atoms with van der Waals surface area (Å²) in [6.45, 7) is -1.38. The van der Waals surface area contributed by atoms with Crippen molar-refractivity contribution in [2.24, 2.45) is 0 Å². The molecule has 0 radical (unpaired) electrons. The summed E-state index contributed by atoms with van der Waals surface area (Å²) < 4.78 is 53.6. The fraction of sp³-hybridized carbons (Fsp3) is 0.400. The van der Waals surface area contributed by atoms with Crippen LogP contribution in [0, 0.1) is 0 Å². The van der Waals surface area contributed by atoms with Gasteiger partial charge >= 0.3 is 11.9 Å². The molecule has 1 rings (SSSR count). The smallest absolute Gasteiger partial charge is 0.358 e. The van der Waals surface area contributed by atoms with E-state index in [-0.39, 0.29) is 4.31 Å². The van der Waals surface area contributed by atoms with Gasteiger partial charge in [-0.05, 0) is 0 Å². The number of methoxy groups -OCH3 is 1. The first-order valence-corrected chi connectivity index (χ1v) is 7.19. The molecule has 0 aliphatic heterocycles. The average molecular weight is 339 g/mol. The largest absolute Gasteiger partial charge is 0.476 e. The van der Waals surface area contributed by atoms with Crippen LogP contribution in [0.2, 0.25) is 0 Å². The lowest BCUT2D eigenvalue weighted by Gasteiger charge is -2.23. The van der Waals surface area contributed by atoms with E-state index in [9.17, 15) is 26.8 Å². The molecule has 0 aliphatic carbocycles. The van der Waals surface area contributed by atoms with Gasteiger partial charge in [0.1, 0.15) is 0 Å². The number of hydrogen-bond donors (Lipinski definition) is 1. The molecule has 122 valence electrons. The van der Waals surface area contributed by atoms with E-state index in [1.807, 2.05) is 0 Å². The zero-order valence-corrected chi connectivity index (χ0v) is 12.0. The van der Waals surface area contributed by atoms with Crippen molar-refractivity contribution in [1.29, 1.82) is 0 Å². The highest BCUT2D eigenvalue weighted by Crippen LogP contribution is 2.20. The summed E-state index contributed by atoms with van der Waals surface area (Å²) in [6.07, 6.45) is -1.23. The standard InChI is InChI=1S/C10H11F2N3O6S/c1-21-7(16)5-22(19,20)15(4-6(11)12)9-8(10(17)18)13-2-3-14-9/h2-3,6H,4-5H2,1H3,(H,17,18). The maximum Gasteiger partial charge on any atom is 0.358 e. The highest BCUT2D eigenvalue weighted by atomic mass is 32.2. The van der Waals surface area contributed by atoms with Gasteiger partial charge in [0.05, 0.1) is 13.7 Å². The second-order valence-corrected chi connectivity index (χ2v) is 5.68. The molecule has 0 spiro atoms. The molecule has 1 heterocycles. The van der Waals surface area contributed by atoms with E-state index in [2.05, 4.69) is 14.7 Å². The Balaban J connectivity index is 3.36. The van der Waals surface area contributed by atoms with Crippen molar-refractivity contribution in [3.05, 3.63) is 18.1 Å². The van der Waals surface area contributed by atoms with Gasteiger partial charge in [-0.15, -0.1) is 0 Å². The number of carbonyl (C=O) groups excluding carboxylic acids is 1. The molecule has 0 aromatic carbocycles. The number of anilines is 1. The Bertz CT molecular complexity index is 666. The van der Waals surface area contributed by atoms with Crippen molar-refractivity contribution in [3.8, 4) is 0 Å². The molecule has 0 saturated heterocycles. The van der Waals surface area contributed by atoms with Crippen LogP contribution in [0.5, 0.6) is 0 Å². The molecule has 0 atom stereocenters. The monoisotopic (exact) mass is 339 g/mol. The minimum atomic E-state index is -4.62. The minimum Gasteiger partial charge on any atom is -0.476 e. The van der Waals surface area contributed by atoms with Gasteiger partial charge in [0.2, 0.25) is 10.0 Å². The third-order valence-corrected chi connectivity index (χ3v) is 3.88. The lowest BCUT2D eigenvalue weighted by atomic mass is 10.4. The van der Waals surface area contributed by atoms with E-state index in [0.717, 1.165) is 19.5 Å². The first-order valence-electron chi connectivity index (χ1n) is 5.58. The van der Waals surface area contributed by atoms with E-state index in [4.69, 9.17) is 5.11 Å². The van der Waals surface area contributed by atoms with E-state index in [1.165, 1.54) is 0 Å². The van der Waals surface area contributed by atoms with Gasteiger partial charge in [0.15, 0.2) is 17.3 Å².